The Labute approximate surface area is 122 Å². The lowest BCUT2D eigenvalue weighted by Gasteiger charge is -2.14. The number of urea groups is 1. The predicted molar refractivity (Wildman–Crippen MR) is 81.8 cm³/mol. The fourth-order valence-corrected chi connectivity index (χ4v) is 2.47. The molecule has 0 aliphatic heterocycles. The van der Waals surface area contributed by atoms with Gasteiger partial charge in [0.25, 0.3) is 0 Å². The second-order valence-electron chi connectivity index (χ2n) is 4.57. The number of thiazole rings is 1. The Morgan fingerprint density at radius 2 is 2.10 bits per heavy atom. The monoisotopic (exact) mass is 290 g/mol. The van der Waals surface area contributed by atoms with Crippen molar-refractivity contribution in [2.75, 3.05) is 5.32 Å². The molecule has 1 heterocycles. The first-order chi connectivity index (χ1) is 9.54. The molecular formula is C14H18N4OS. The average Bonchev–Trinajstić information content (AvgIpc) is 2.82. The maximum atomic E-state index is 10.7. The van der Waals surface area contributed by atoms with Crippen LogP contribution in [0.15, 0.2) is 29.6 Å². The van der Waals surface area contributed by atoms with Crippen LogP contribution in [0.1, 0.15) is 29.2 Å². The van der Waals surface area contributed by atoms with Crippen LogP contribution in [0.4, 0.5) is 10.5 Å². The van der Waals surface area contributed by atoms with E-state index in [0.717, 1.165) is 22.8 Å². The number of aromatic nitrogens is 1. The summed E-state index contributed by atoms with van der Waals surface area (Å²) in [5.41, 5.74) is 7.97. The summed E-state index contributed by atoms with van der Waals surface area (Å²) in [6, 6.07) is 7.27. The van der Waals surface area contributed by atoms with E-state index in [2.05, 4.69) is 27.9 Å². The van der Waals surface area contributed by atoms with E-state index in [4.69, 9.17) is 5.73 Å². The highest BCUT2D eigenvalue weighted by Gasteiger charge is 2.06. The fraction of sp³-hybridized carbons (Fsp3) is 0.286. The van der Waals surface area contributed by atoms with Gasteiger partial charge in [0.05, 0.1) is 10.7 Å². The van der Waals surface area contributed by atoms with Gasteiger partial charge in [-0.1, -0.05) is 12.1 Å². The Morgan fingerprint density at radius 1 is 1.40 bits per heavy atom. The molecule has 5 nitrogen and oxygen atoms in total. The number of anilines is 1. The largest absolute Gasteiger partial charge is 0.351 e. The molecule has 2 rings (SSSR count). The highest BCUT2D eigenvalue weighted by Crippen LogP contribution is 2.17. The van der Waals surface area contributed by atoms with Crippen molar-refractivity contribution < 1.29 is 4.79 Å². The molecule has 0 spiro atoms. The number of nitrogens with one attached hydrogen (secondary N) is 2. The highest BCUT2D eigenvalue weighted by molar-refractivity contribution is 7.09. The summed E-state index contributed by atoms with van der Waals surface area (Å²) in [7, 11) is 0. The molecule has 106 valence electrons. The van der Waals surface area contributed by atoms with Gasteiger partial charge in [-0.15, -0.1) is 11.3 Å². The predicted octanol–water partition coefficient (Wildman–Crippen LogP) is 2.79. The number of nitrogens with zero attached hydrogens (tertiary/aromatic N) is 1. The van der Waals surface area contributed by atoms with Crippen LogP contribution < -0.4 is 16.4 Å². The van der Waals surface area contributed by atoms with E-state index in [1.165, 1.54) is 0 Å². The molecule has 1 unspecified atom stereocenters. The average molecular weight is 290 g/mol. The minimum atomic E-state index is -0.553. The number of primary amides is 1. The molecule has 6 heteroatoms. The standard InChI is InChI=1S/C14H18N4OS/c1-9(16-7-13-8-20-10(2)17-13)11-3-5-12(6-4-11)18-14(15)19/h3-6,8-9,16H,7H2,1-2H3,(H3,15,18,19). The van der Waals surface area contributed by atoms with E-state index in [-0.39, 0.29) is 6.04 Å². The maximum absolute atomic E-state index is 10.7. The van der Waals surface area contributed by atoms with Gasteiger partial charge in [0, 0.05) is 23.7 Å². The van der Waals surface area contributed by atoms with Crippen LogP contribution in [0, 0.1) is 6.92 Å². The molecule has 20 heavy (non-hydrogen) atoms. The Morgan fingerprint density at radius 3 is 2.65 bits per heavy atom. The third-order valence-corrected chi connectivity index (χ3v) is 3.76. The van der Waals surface area contributed by atoms with Crippen LogP contribution in [0.5, 0.6) is 0 Å². The molecule has 0 aliphatic rings. The normalized spacial score (nSPS) is 12.1. The van der Waals surface area contributed by atoms with Gasteiger partial charge in [-0.05, 0) is 31.5 Å². The second kappa shape index (κ2) is 6.49. The first-order valence-corrected chi connectivity index (χ1v) is 7.23. The number of hydrogen-bond donors (Lipinski definition) is 3. The Bertz CT molecular complexity index is 579. The minimum absolute atomic E-state index is 0.208. The molecular weight excluding hydrogens is 272 g/mol. The lowest BCUT2D eigenvalue weighted by Crippen LogP contribution is -2.20. The zero-order valence-corrected chi connectivity index (χ0v) is 12.3. The minimum Gasteiger partial charge on any atom is -0.351 e. The molecule has 0 saturated heterocycles. The van der Waals surface area contributed by atoms with Crippen molar-refractivity contribution in [2.24, 2.45) is 5.73 Å². The third kappa shape index (κ3) is 4.04. The topological polar surface area (TPSA) is 80.0 Å². The van der Waals surface area contributed by atoms with E-state index in [1.54, 1.807) is 11.3 Å². The highest BCUT2D eigenvalue weighted by atomic mass is 32.1. The Hall–Kier alpha value is -1.92. The van der Waals surface area contributed by atoms with Crippen molar-refractivity contribution in [1.29, 1.82) is 0 Å². The van der Waals surface area contributed by atoms with Gasteiger partial charge in [-0.2, -0.15) is 0 Å². The number of hydrogen-bond acceptors (Lipinski definition) is 4. The van der Waals surface area contributed by atoms with Gasteiger partial charge >= 0.3 is 6.03 Å². The number of carbonyl (C=O) groups is 1. The molecule has 0 bridgehead atoms. The Balaban J connectivity index is 1.91. The SMILES string of the molecule is Cc1nc(CNC(C)c2ccc(NC(N)=O)cc2)cs1. The van der Waals surface area contributed by atoms with Gasteiger partial charge in [-0.3, -0.25) is 0 Å². The number of nitrogens with two attached hydrogens (primary N) is 1. The van der Waals surface area contributed by atoms with Crippen LogP contribution >= 0.6 is 11.3 Å². The summed E-state index contributed by atoms with van der Waals surface area (Å²) >= 11 is 1.66. The summed E-state index contributed by atoms with van der Waals surface area (Å²) < 4.78 is 0. The first kappa shape index (κ1) is 14.5. The van der Waals surface area contributed by atoms with Crippen molar-refractivity contribution in [1.82, 2.24) is 10.3 Å². The molecule has 2 aromatic rings. The van der Waals surface area contributed by atoms with Crippen LogP contribution in [-0.2, 0) is 6.54 Å². The van der Waals surface area contributed by atoms with E-state index >= 15 is 0 Å². The second-order valence-corrected chi connectivity index (χ2v) is 5.63. The van der Waals surface area contributed by atoms with Gasteiger partial charge in [0.1, 0.15) is 0 Å². The number of carbonyl (C=O) groups excluding carboxylic acids is 1. The molecule has 4 N–H and O–H groups in total. The zero-order chi connectivity index (χ0) is 14.5. The number of rotatable bonds is 5. The third-order valence-electron chi connectivity index (χ3n) is 2.93. The molecule has 0 radical (unpaired) electrons. The van der Waals surface area contributed by atoms with Crippen LogP contribution in [0.3, 0.4) is 0 Å². The van der Waals surface area contributed by atoms with E-state index in [0.29, 0.717) is 5.69 Å². The molecule has 1 aromatic heterocycles. The Kier molecular flexibility index (Phi) is 4.70. The fourth-order valence-electron chi connectivity index (χ4n) is 1.86. The van der Waals surface area contributed by atoms with Gasteiger partial charge < -0.3 is 16.4 Å². The first-order valence-electron chi connectivity index (χ1n) is 6.35. The summed E-state index contributed by atoms with van der Waals surface area (Å²) in [6.45, 7) is 4.84. The molecule has 2 amide bonds. The van der Waals surface area contributed by atoms with Crippen molar-refractivity contribution >= 4 is 23.1 Å². The van der Waals surface area contributed by atoms with E-state index in [9.17, 15) is 4.79 Å². The van der Waals surface area contributed by atoms with Gasteiger partial charge in [0.15, 0.2) is 0 Å². The lowest BCUT2D eigenvalue weighted by molar-refractivity contribution is 0.259. The summed E-state index contributed by atoms with van der Waals surface area (Å²) in [5, 5.41) is 9.11. The number of amides is 2. The summed E-state index contributed by atoms with van der Waals surface area (Å²) in [6.07, 6.45) is 0. The molecule has 0 saturated carbocycles. The van der Waals surface area contributed by atoms with Crippen LogP contribution in [0.25, 0.3) is 0 Å². The van der Waals surface area contributed by atoms with E-state index in [1.807, 2.05) is 31.2 Å². The van der Waals surface area contributed by atoms with Crippen molar-refractivity contribution in [2.45, 2.75) is 26.4 Å². The molecule has 0 fully saturated rings. The van der Waals surface area contributed by atoms with Gasteiger partial charge in [-0.25, -0.2) is 9.78 Å². The van der Waals surface area contributed by atoms with E-state index < -0.39 is 6.03 Å². The lowest BCUT2D eigenvalue weighted by atomic mass is 10.1. The zero-order valence-electron chi connectivity index (χ0n) is 11.5. The number of benzene rings is 1. The molecule has 0 aliphatic carbocycles. The molecule has 1 atom stereocenters. The maximum Gasteiger partial charge on any atom is 0.316 e. The summed E-state index contributed by atoms with van der Waals surface area (Å²) in [4.78, 5) is 15.2. The summed E-state index contributed by atoms with van der Waals surface area (Å²) in [5.74, 6) is 0. The number of aryl methyl sites for hydroxylation is 1. The van der Waals surface area contributed by atoms with Crippen molar-refractivity contribution in [3.63, 3.8) is 0 Å². The molecule has 1 aromatic carbocycles. The van der Waals surface area contributed by atoms with Crippen LogP contribution in [-0.4, -0.2) is 11.0 Å². The smallest absolute Gasteiger partial charge is 0.316 e. The van der Waals surface area contributed by atoms with Crippen molar-refractivity contribution in [3.8, 4) is 0 Å². The van der Waals surface area contributed by atoms with Gasteiger partial charge in [0.2, 0.25) is 0 Å². The van der Waals surface area contributed by atoms with Crippen molar-refractivity contribution in [3.05, 3.63) is 45.9 Å². The van der Waals surface area contributed by atoms with Crippen LogP contribution in [0.2, 0.25) is 0 Å². The quantitative estimate of drug-likeness (QED) is 0.792.